The van der Waals surface area contributed by atoms with E-state index in [1.165, 1.54) is 12.1 Å². The average Bonchev–Trinajstić information content (AvgIpc) is 2.60. The zero-order valence-electron chi connectivity index (χ0n) is 10.7. The van der Waals surface area contributed by atoms with E-state index in [0.717, 1.165) is 17.2 Å². The van der Waals surface area contributed by atoms with Gasteiger partial charge < -0.3 is 11.1 Å². The number of anilines is 3. The van der Waals surface area contributed by atoms with Crippen LogP contribution in [-0.2, 0) is 7.05 Å². The number of nitrogen functional groups attached to an aromatic ring is 1. The molecule has 0 amide bonds. The summed E-state index contributed by atoms with van der Waals surface area (Å²) in [6.45, 7) is 4.08. The van der Waals surface area contributed by atoms with E-state index < -0.39 is 0 Å². The molecule has 1 heterocycles. The summed E-state index contributed by atoms with van der Waals surface area (Å²) < 4.78 is 14.5. The molecule has 0 bridgehead atoms. The third kappa shape index (κ3) is 2.30. The van der Waals surface area contributed by atoms with Gasteiger partial charge in [-0.05, 0) is 30.2 Å². The first-order valence-electron chi connectivity index (χ1n) is 5.84. The van der Waals surface area contributed by atoms with Crippen LogP contribution in [0, 0.1) is 5.82 Å². The molecule has 5 heteroatoms. The largest absolute Gasteiger partial charge is 0.394 e. The van der Waals surface area contributed by atoms with E-state index in [4.69, 9.17) is 5.73 Å². The number of aryl methyl sites for hydroxylation is 1. The molecule has 0 saturated heterocycles. The lowest BCUT2D eigenvalue weighted by Crippen LogP contribution is -2.01. The first-order valence-corrected chi connectivity index (χ1v) is 5.84. The molecule has 0 fully saturated rings. The highest BCUT2D eigenvalue weighted by Crippen LogP contribution is 2.29. The SMILES string of the molecule is CC(C)c1nn(C)c(Nc2ccc(F)cc2)c1N. The van der Waals surface area contributed by atoms with Crippen molar-refractivity contribution in [1.82, 2.24) is 9.78 Å². The Kier molecular flexibility index (Phi) is 3.23. The first-order chi connectivity index (χ1) is 8.49. The smallest absolute Gasteiger partial charge is 0.152 e. The van der Waals surface area contributed by atoms with Crippen LogP contribution in [0.4, 0.5) is 21.6 Å². The van der Waals surface area contributed by atoms with Crippen LogP contribution in [0.2, 0.25) is 0 Å². The second-order valence-corrected chi connectivity index (χ2v) is 4.56. The molecule has 0 saturated carbocycles. The highest BCUT2D eigenvalue weighted by atomic mass is 19.1. The Hall–Kier alpha value is -2.04. The van der Waals surface area contributed by atoms with Crippen LogP contribution < -0.4 is 11.1 Å². The monoisotopic (exact) mass is 248 g/mol. The Bertz CT molecular complexity index is 543. The molecule has 4 nitrogen and oxygen atoms in total. The van der Waals surface area contributed by atoms with Crippen LogP contribution in [0.5, 0.6) is 0 Å². The third-order valence-electron chi connectivity index (χ3n) is 2.77. The molecule has 18 heavy (non-hydrogen) atoms. The number of nitrogens with zero attached hydrogens (tertiary/aromatic N) is 2. The van der Waals surface area contributed by atoms with Crippen LogP contribution >= 0.6 is 0 Å². The molecule has 1 aromatic heterocycles. The van der Waals surface area contributed by atoms with Crippen molar-refractivity contribution in [1.29, 1.82) is 0 Å². The number of benzene rings is 1. The summed E-state index contributed by atoms with van der Waals surface area (Å²) in [6, 6.07) is 6.13. The van der Waals surface area contributed by atoms with Gasteiger partial charge in [-0.3, -0.25) is 4.68 Å². The van der Waals surface area contributed by atoms with Gasteiger partial charge in [0.15, 0.2) is 5.82 Å². The van der Waals surface area contributed by atoms with Crippen molar-refractivity contribution in [2.24, 2.45) is 7.05 Å². The van der Waals surface area contributed by atoms with Crippen molar-refractivity contribution in [2.45, 2.75) is 19.8 Å². The van der Waals surface area contributed by atoms with E-state index in [-0.39, 0.29) is 11.7 Å². The van der Waals surface area contributed by atoms with Crippen LogP contribution in [0.15, 0.2) is 24.3 Å². The second-order valence-electron chi connectivity index (χ2n) is 4.56. The zero-order chi connectivity index (χ0) is 13.3. The van der Waals surface area contributed by atoms with Gasteiger partial charge in [0.2, 0.25) is 0 Å². The Morgan fingerprint density at radius 2 is 1.89 bits per heavy atom. The van der Waals surface area contributed by atoms with E-state index in [1.807, 2.05) is 20.9 Å². The van der Waals surface area contributed by atoms with Crippen LogP contribution in [0.1, 0.15) is 25.5 Å². The molecule has 0 aliphatic rings. The van der Waals surface area contributed by atoms with Gasteiger partial charge in [-0.1, -0.05) is 13.8 Å². The van der Waals surface area contributed by atoms with Gasteiger partial charge >= 0.3 is 0 Å². The highest BCUT2D eigenvalue weighted by molar-refractivity contribution is 5.71. The second kappa shape index (κ2) is 4.68. The number of hydrogen-bond donors (Lipinski definition) is 2. The van der Waals surface area contributed by atoms with Gasteiger partial charge in [0.05, 0.1) is 11.4 Å². The van der Waals surface area contributed by atoms with Crippen molar-refractivity contribution in [2.75, 3.05) is 11.1 Å². The highest BCUT2D eigenvalue weighted by Gasteiger charge is 2.15. The summed E-state index contributed by atoms with van der Waals surface area (Å²) in [6.07, 6.45) is 0. The van der Waals surface area contributed by atoms with Crippen molar-refractivity contribution < 1.29 is 4.39 Å². The van der Waals surface area contributed by atoms with E-state index in [0.29, 0.717) is 5.69 Å². The summed E-state index contributed by atoms with van der Waals surface area (Å²) in [5, 5.41) is 7.53. The summed E-state index contributed by atoms with van der Waals surface area (Å²) in [4.78, 5) is 0. The molecule has 0 spiro atoms. The summed E-state index contributed by atoms with van der Waals surface area (Å²) >= 11 is 0. The Balaban J connectivity index is 2.32. The lowest BCUT2D eigenvalue weighted by molar-refractivity contribution is 0.628. The summed E-state index contributed by atoms with van der Waals surface area (Å²) in [7, 11) is 1.83. The Morgan fingerprint density at radius 1 is 1.28 bits per heavy atom. The zero-order valence-corrected chi connectivity index (χ0v) is 10.7. The Labute approximate surface area is 106 Å². The van der Waals surface area contributed by atoms with Crippen LogP contribution in [-0.4, -0.2) is 9.78 Å². The van der Waals surface area contributed by atoms with Gasteiger partial charge in [0.1, 0.15) is 5.82 Å². The van der Waals surface area contributed by atoms with Crippen LogP contribution in [0.3, 0.4) is 0 Å². The maximum atomic E-state index is 12.8. The molecular formula is C13H17FN4. The molecule has 1 aromatic carbocycles. The third-order valence-corrected chi connectivity index (χ3v) is 2.77. The minimum Gasteiger partial charge on any atom is -0.394 e. The minimum atomic E-state index is -0.263. The molecule has 3 N–H and O–H groups in total. The molecule has 96 valence electrons. The standard InChI is InChI=1S/C13H17FN4/c1-8(2)12-11(15)13(18(3)17-12)16-10-6-4-9(14)5-7-10/h4-8,16H,15H2,1-3H3. The van der Waals surface area contributed by atoms with Crippen LogP contribution in [0.25, 0.3) is 0 Å². The fraction of sp³-hybridized carbons (Fsp3) is 0.308. The topological polar surface area (TPSA) is 55.9 Å². The quantitative estimate of drug-likeness (QED) is 0.877. The number of halogens is 1. The van der Waals surface area contributed by atoms with Crippen molar-refractivity contribution >= 4 is 17.2 Å². The molecular weight excluding hydrogens is 231 g/mol. The van der Waals surface area contributed by atoms with E-state index in [2.05, 4.69) is 10.4 Å². The minimum absolute atomic E-state index is 0.263. The van der Waals surface area contributed by atoms with Gasteiger partial charge in [-0.2, -0.15) is 5.10 Å². The molecule has 0 radical (unpaired) electrons. The van der Waals surface area contributed by atoms with Gasteiger partial charge in [0, 0.05) is 12.7 Å². The molecule has 0 aliphatic carbocycles. The number of hydrogen-bond acceptors (Lipinski definition) is 3. The molecule has 2 aromatic rings. The lowest BCUT2D eigenvalue weighted by Gasteiger charge is -2.07. The van der Waals surface area contributed by atoms with Gasteiger partial charge in [-0.15, -0.1) is 0 Å². The van der Waals surface area contributed by atoms with E-state index in [1.54, 1.807) is 16.8 Å². The Morgan fingerprint density at radius 3 is 2.39 bits per heavy atom. The van der Waals surface area contributed by atoms with Crippen molar-refractivity contribution in [3.63, 3.8) is 0 Å². The van der Waals surface area contributed by atoms with Gasteiger partial charge in [-0.25, -0.2) is 4.39 Å². The fourth-order valence-electron chi connectivity index (χ4n) is 1.81. The normalized spacial score (nSPS) is 10.9. The molecule has 0 aliphatic heterocycles. The van der Waals surface area contributed by atoms with Crippen molar-refractivity contribution in [3.05, 3.63) is 35.8 Å². The predicted octanol–water partition coefficient (Wildman–Crippen LogP) is 3.01. The lowest BCUT2D eigenvalue weighted by atomic mass is 10.1. The fourth-order valence-corrected chi connectivity index (χ4v) is 1.81. The van der Waals surface area contributed by atoms with E-state index >= 15 is 0 Å². The van der Waals surface area contributed by atoms with Crippen molar-refractivity contribution in [3.8, 4) is 0 Å². The molecule has 0 unspecified atom stereocenters. The average molecular weight is 248 g/mol. The first kappa shape index (κ1) is 12.4. The summed E-state index contributed by atoms with van der Waals surface area (Å²) in [5.74, 6) is 0.728. The number of aromatic nitrogens is 2. The van der Waals surface area contributed by atoms with Gasteiger partial charge in [0.25, 0.3) is 0 Å². The predicted molar refractivity (Wildman–Crippen MR) is 71.4 cm³/mol. The van der Waals surface area contributed by atoms with E-state index in [9.17, 15) is 4.39 Å². The maximum Gasteiger partial charge on any atom is 0.152 e. The molecule has 2 rings (SSSR count). The number of rotatable bonds is 3. The number of nitrogens with two attached hydrogens (primary N) is 1. The maximum absolute atomic E-state index is 12.8. The molecule has 0 atom stereocenters. The summed E-state index contributed by atoms with van der Waals surface area (Å²) in [5.41, 5.74) is 8.34. The number of nitrogens with one attached hydrogen (secondary N) is 1.